The van der Waals surface area contributed by atoms with Crippen molar-refractivity contribution in [2.75, 3.05) is 12.4 Å². The molecule has 2 rings (SSSR count). The molecule has 0 saturated heterocycles. The van der Waals surface area contributed by atoms with Crippen molar-refractivity contribution in [2.24, 2.45) is 0 Å². The molecule has 6 heteroatoms. The van der Waals surface area contributed by atoms with Crippen LogP contribution in [0.4, 0.5) is 5.69 Å². The number of hydrogen-bond acceptors (Lipinski definition) is 5. The minimum Gasteiger partial charge on any atom is -0.465 e. The van der Waals surface area contributed by atoms with E-state index in [4.69, 9.17) is 10.00 Å². The number of para-hydroxylation sites is 2. The predicted molar refractivity (Wildman–Crippen MR) is 83.2 cm³/mol. The molecule has 1 amide bonds. The molecule has 0 aliphatic heterocycles. The summed E-state index contributed by atoms with van der Waals surface area (Å²) in [4.78, 5) is 23.1. The Balaban J connectivity index is 2.22. The van der Waals surface area contributed by atoms with Gasteiger partial charge in [-0.15, -0.1) is 0 Å². The molecule has 0 unspecified atom stereocenters. The van der Waals surface area contributed by atoms with Crippen LogP contribution in [0.25, 0.3) is 0 Å². The summed E-state index contributed by atoms with van der Waals surface area (Å²) >= 11 is 0. The zero-order valence-corrected chi connectivity index (χ0v) is 12.4. The molecule has 0 aliphatic carbocycles. The maximum Gasteiger partial charge on any atom is 0.337 e. The summed E-state index contributed by atoms with van der Waals surface area (Å²) in [5.41, 5.74) is 0.798. The molecule has 23 heavy (non-hydrogen) atoms. The van der Waals surface area contributed by atoms with Crippen molar-refractivity contribution in [1.29, 1.82) is 5.26 Å². The van der Waals surface area contributed by atoms with Gasteiger partial charge in [0.1, 0.15) is 12.2 Å². The van der Waals surface area contributed by atoms with E-state index in [1.807, 2.05) is 0 Å². The number of methoxy groups -OCH3 is 1. The van der Waals surface area contributed by atoms with Crippen molar-refractivity contribution in [3.8, 4) is 17.6 Å². The summed E-state index contributed by atoms with van der Waals surface area (Å²) in [5, 5.41) is 11.1. The lowest BCUT2D eigenvalue weighted by Crippen LogP contribution is -2.10. The Morgan fingerprint density at radius 2 is 1.96 bits per heavy atom. The number of rotatable bonds is 5. The molecule has 0 aliphatic rings. The van der Waals surface area contributed by atoms with Crippen LogP contribution in [0.2, 0.25) is 0 Å². The lowest BCUT2D eigenvalue weighted by atomic mass is 10.2. The highest BCUT2D eigenvalue weighted by Gasteiger charge is 2.10. The number of nitrogens with one attached hydrogen (secondary N) is 1. The zero-order chi connectivity index (χ0) is 16.7. The van der Waals surface area contributed by atoms with E-state index >= 15 is 0 Å². The highest BCUT2D eigenvalue weighted by atomic mass is 16.5. The first-order valence-corrected chi connectivity index (χ1v) is 6.76. The Kier molecular flexibility index (Phi) is 5.31. The lowest BCUT2D eigenvalue weighted by Gasteiger charge is -2.12. The molecule has 0 heterocycles. The van der Waals surface area contributed by atoms with E-state index in [-0.39, 0.29) is 6.42 Å². The standard InChI is InChI=1S/C17H14N2O4/c1-22-17(21)12-5-4-6-13(11-12)23-15-8-3-2-7-14(15)19-16(20)9-10-18/h2-8,11H,9H2,1H3,(H,19,20). The summed E-state index contributed by atoms with van der Waals surface area (Å²) in [6.07, 6.45) is -0.244. The SMILES string of the molecule is COC(=O)c1cccc(Oc2ccccc2NC(=O)CC#N)c1. The molecular weight excluding hydrogens is 296 g/mol. The number of carbonyl (C=O) groups is 2. The first-order valence-electron chi connectivity index (χ1n) is 6.76. The van der Waals surface area contributed by atoms with Crippen LogP contribution in [0.5, 0.6) is 11.5 Å². The maximum absolute atomic E-state index is 11.5. The molecule has 1 N–H and O–H groups in total. The average molecular weight is 310 g/mol. The van der Waals surface area contributed by atoms with Gasteiger partial charge in [0.15, 0.2) is 5.75 Å². The fourth-order valence-corrected chi connectivity index (χ4v) is 1.86. The van der Waals surface area contributed by atoms with Crippen molar-refractivity contribution in [1.82, 2.24) is 0 Å². The van der Waals surface area contributed by atoms with Gasteiger partial charge in [0.2, 0.25) is 5.91 Å². The third-order valence-electron chi connectivity index (χ3n) is 2.88. The van der Waals surface area contributed by atoms with Gasteiger partial charge in [0.25, 0.3) is 0 Å². The smallest absolute Gasteiger partial charge is 0.337 e. The number of ether oxygens (including phenoxy) is 2. The summed E-state index contributed by atoms with van der Waals surface area (Å²) < 4.78 is 10.4. The number of anilines is 1. The van der Waals surface area contributed by atoms with Crippen LogP contribution in [0, 0.1) is 11.3 Å². The van der Waals surface area contributed by atoms with Crippen LogP contribution in [0.3, 0.4) is 0 Å². The molecule has 2 aromatic carbocycles. The number of esters is 1. The van der Waals surface area contributed by atoms with Crippen molar-refractivity contribution in [3.63, 3.8) is 0 Å². The third-order valence-corrected chi connectivity index (χ3v) is 2.88. The van der Waals surface area contributed by atoms with Crippen LogP contribution in [0.1, 0.15) is 16.8 Å². The fraction of sp³-hybridized carbons (Fsp3) is 0.118. The minimum absolute atomic E-state index is 0.244. The van der Waals surface area contributed by atoms with Gasteiger partial charge in [-0.2, -0.15) is 5.26 Å². The van der Waals surface area contributed by atoms with Gasteiger partial charge in [0, 0.05) is 0 Å². The number of carbonyl (C=O) groups excluding carboxylic acids is 2. The van der Waals surface area contributed by atoms with Crippen molar-refractivity contribution in [2.45, 2.75) is 6.42 Å². The summed E-state index contributed by atoms with van der Waals surface area (Å²) in [5.74, 6) is -0.0615. The minimum atomic E-state index is -0.467. The van der Waals surface area contributed by atoms with E-state index in [2.05, 4.69) is 10.1 Å². The van der Waals surface area contributed by atoms with Gasteiger partial charge in [-0.05, 0) is 30.3 Å². The van der Waals surface area contributed by atoms with Crippen molar-refractivity contribution < 1.29 is 19.1 Å². The topological polar surface area (TPSA) is 88.4 Å². The number of nitrogens with zero attached hydrogens (tertiary/aromatic N) is 1. The van der Waals surface area contributed by atoms with E-state index in [1.165, 1.54) is 7.11 Å². The van der Waals surface area contributed by atoms with Gasteiger partial charge in [-0.25, -0.2) is 4.79 Å². The quantitative estimate of drug-likeness (QED) is 0.857. The Bertz CT molecular complexity index is 765. The van der Waals surface area contributed by atoms with Crippen molar-refractivity contribution >= 4 is 17.6 Å². The molecule has 6 nitrogen and oxygen atoms in total. The second-order valence-corrected chi connectivity index (χ2v) is 4.50. The highest BCUT2D eigenvalue weighted by molar-refractivity contribution is 5.93. The Hall–Kier alpha value is -3.33. The Morgan fingerprint density at radius 1 is 1.17 bits per heavy atom. The van der Waals surface area contributed by atoms with Crippen LogP contribution in [-0.2, 0) is 9.53 Å². The van der Waals surface area contributed by atoms with Crippen LogP contribution < -0.4 is 10.1 Å². The molecular formula is C17H14N2O4. The molecule has 2 aromatic rings. The first kappa shape index (κ1) is 16.0. The zero-order valence-electron chi connectivity index (χ0n) is 12.4. The fourth-order valence-electron chi connectivity index (χ4n) is 1.86. The van der Waals surface area contributed by atoms with E-state index in [0.717, 1.165) is 0 Å². The van der Waals surface area contributed by atoms with Gasteiger partial charge in [-0.1, -0.05) is 18.2 Å². The van der Waals surface area contributed by atoms with Gasteiger partial charge in [-0.3, -0.25) is 4.79 Å². The number of amides is 1. The largest absolute Gasteiger partial charge is 0.465 e. The molecule has 0 atom stereocenters. The molecule has 0 fully saturated rings. The van der Waals surface area contributed by atoms with E-state index in [0.29, 0.717) is 22.7 Å². The second kappa shape index (κ2) is 7.61. The molecule has 0 spiro atoms. The van der Waals surface area contributed by atoms with Crippen LogP contribution >= 0.6 is 0 Å². The summed E-state index contributed by atoms with van der Waals surface area (Å²) in [7, 11) is 1.30. The van der Waals surface area contributed by atoms with Gasteiger partial charge >= 0.3 is 5.97 Å². The first-order chi connectivity index (χ1) is 11.1. The van der Waals surface area contributed by atoms with E-state index < -0.39 is 11.9 Å². The molecule has 0 bridgehead atoms. The maximum atomic E-state index is 11.5. The lowest BCUT2D eigenvalue weighted by molar-refractivity contribution is -0.115. The molecule has 0 saturated carbocycles. The number of hydrogen-bond donors (Lipinski definition) is 1. The Morgan fingerprint density at radius 3 is 2.70 bits per heavy atom. The third kappa shape index (κ3) is 4.32. The second-order valence-electron chi connectivity index (χ2n) is 4.50. The summed E-state index contributed by atoms with van der Waals surface area (Å²) in [6, 6.07) is 15.1. The summed E-state index contributed by atoms with van der Waals surface area (Å²) in [6.45, 7) is 0. The Labute approximate surface area is 133 Å². The monoisotopic (exact) mass is 310 g/mol. The number of nitriles is 1. The van der Waals surface area contributed by atoms with Crippen LogP contribution in [0.15, 0.2) is 48.5 Å². The van der Waals surface area contributed by atoms with Crippen molar-refractivity contribution in [3.05, 3.63) is 54.1 Å². The van der Waals surface area contributed by atoms with Gasteiger partial charge < -0.3 is 14.8 Å². The molecule has 116 valence electrons. The van der Waals surface area contributed by atoms with Gasteiger partial charge in [0.05, 0.1) is 24.4 Å². The normalized spacial score (nSPS) is 9.57. The average Bonchev–Trinajstić information content (AvgIpc) is 2.56. The predicted octanol–water partition coefficient (Wildman–Crippen LogP) is 3.12. The highest BCUT2D eigenvalue weighted by Crippen LogP contribution is 2.29. The molecule has 0 radical (unpaired) electrons. The van der Waals surface area contributed by atoms with Crippen LogP contribution in [-0.4, -0.2) is 19.0 Å². The van der Waals surface area contributed by atoms with E-state index in [9.17, 15) is 9.59 Å². The molecule has 0 aromatic heterocycles. The van der Waals surface area contributed by atoms with E-state index in [1.54, 1.807) is 54.6 Å². The number of benzene rings is 2.